The summed E-state index contributed by atoms with van der Waals surface area (Å²) in [7, 11) is -2.08. The fourth-order valence-corrected chi connectivity index (χ4v) is 4.36. The molecule has 3 rings (SSSR count). The topological polar surface area (TPSA) is 46.6 Å². The average molecular weight is 338 g/mol. The van der Waals surface area contributed by atoms with E-state index in [4.69, 9.17) is 16.3 Å². The molecule has 0 aliphatic carbocycles. The molecule has 1 aliphatic heterocycles. The Morgan fingerprint density at radius 1 is 1.09 bits per heavy atom. The van der Waals surface area contributed by atoms with Gasteiger partial charge in [-0.15, -0.1) is 0 Å². The van der Waals surface area contributed by atoms with Gasteiger partial charge in [-0.1, -0.05) is 48.0 Å². The Hall–Kier alpha value is -1.56. The van der Waals surface area contributed by atoms with Gasteiger partial charge in [0.05, 0.1) is 11.1 Å². The second-order valence-electron chi connectivity index (χ2n) is 5.28. The molecule has 1 heterocycles. The molecule has 0 N–H and O–H groups in total. The summed E-state index contributed by atoms with van der Waals surface area (Å²) >= 11 is 6.18. The van der Waals surface area contributed by atoms with Crippen molar-refractivity contribution in [3.63, 3.8) is 0 Å². The lowest BCUT2D eigenvalue weighted by Crippen LogP contribution is -2.38. The SMILES string of the molecule is C[C@H]1[C@@H](c2ccccc2)Oc2c(Cl)cccc2S(=O)(=O)N1C. The molecular formula is C16H16ClNO3S. The highest BCUT2D eigenvalue weighted by Crippen LogP contribution is 2.41. The molecule has 2 atom stereocenters. The number of para-hydroxylation sites is 1. The van der Waals surface area contributed by atoms with E-state index in [2.05, 4.69) is 0 Å². The maximum absolute atomic E-state index is 12.8. The van der Waals surface area contributed by atoms with Crippen LogP contribution in [-0.4, -0.2) is 25.8 Å². The third-order valence-corrected chi connectivity index (χ3v) is 6.24. The lowest BCUT2D eigenvalue weighted by Gasteiger charge is -2.27. The smallest absolute Gasteiger partial charge is 0.246 e. The van der Waals surface area contributed by atoms with Crippen molar-refractivity contribution in [2.75, 3.05) is 7.05 Å². The van der Waals surface area contributed by atoms with Crippen LogP contribution in [-0.2, 0) is 10.0 Å². The molecule has 0 saturated heterocycles. The first-order valence-corrected chi connectivity index (χ1v) is 8.73. The molecular weight excluding hydrogens is 322 g/mol. The van der Waals surface area contributed by atoms with Crippen molar-refractivity contribution >= 4 is 21.6 Å². The zero-order chi connectivity index (χ0) is 15.9. The van der Waals surface area contributed by atoms with Crippen molar-refractivity contribution in [3.8, 4) is 5.75 Å². The quantitative estimate of drug-likeness (QED) is 0.800. The second kappa shape index (κ2) is 5.57. The van der Waals surface area contributed by atoms with Crippen LogP contribution in [0.5, 0.6) is 5.75 Å². The third kappa shape index (κ3) is 2.39. The van der Waals surface area contributed by atoms with E-state index in [1.807, 2.05) is 37.3 Å². The number of rotatable bonds is 1. The van der Waals surface area contributed by atoms with Crippen LogP contribution in [0.3, 0.4) is 0 Å². The molecule has 0 fully saturated rings. The van der Waals surface area contributed by atoms with Crippen LogP contribution in [0.4, 0.5) is 0 Å². The number of sulfonamides is 1. The predicted molar refractivity (Wildman–Crippen MR) is 85.7 cm³/mol. The number of nitrogens with zero attached hydrogens (tertiary/aromatic N) is 1. The van der Waals surface area contributed by atoms with E-state index in [1.54, 1.807) is 19.2 Å². The third-order valence-electron chi connectivity index (χ3n) is 3.97. The Balaban J connectivity index is 2.21. The largest absolute Gasteiger partial charge is 0.481 e. The lowest BCUT2D eigenvalue weighted by atomic mass is 10.0. The van der Waals surface area contributed by atoms with Gasteiger partial charge in [0.25, 0.3) is 0 Å². The van der Waals surface area contributed by atoms with Crippen LogP contribution in [0, 0.1) is 0 Å². The van der Waals surface area contributed by atoms with Gasteiger partial charge in [0.1, 0.15) is 11.0 Å². The highest BCUT2D eigenvalue weighted by Gasteiger charge is 2.39. The highest BCUT2D eigenvalue weighted by atomic mass is 35.5. The highest BCUT2D eigenvalue weighted by molar-refractivity contribution is 7.89. The molecule has 0 aromatic heterocycles. The van der Waals surface area contributed by atoms with Gasteiger partial charge < -0.3 is 4.74 Å². The van der Waals surface area contributed by atoms with Crippen molar-refractivity contribution in [3.05, 3.63) is 59.1 Å². The van der Waals surface area contributed by atoms with Gasteiger partial charge in [0, 0.05) is 7.05 Å². The van der Waals surface area contributed by atoms with Crippen molar-refractivity contribution in [2.24, 2.45) is 0 Å². The van der Waals surface area contributed by atoms with Gasteiger partial charge in [0.15, 0.2) is 5.75 Å². The minimum absolute atomic E-state index is 0.104. The van der Waals surface area contributed by atoms with Gasteiger partial charge in [-0.3, -0.25) is 0 Å². The average Bonchev–Trinajstić information content (AvgIpc) is 2.59. The molecule has 2 aromatic rings. The van der Waals surface area contributed by atoms with Gasteiger partial charge >= 0.3 is 0 Å². The van der Waals surface area contributed by atoms with E-state index in [9.17, 15) is 8.42 Å². The van der Waals surface area contributed by atoms with E-state index < -0.39 is 16.1 Å². The number of benzene rings is 2. The molecule has 0 radical (unpaired) electrons. The molecule has 0 amide bonds. The zero-order valence-corrected chi connectivity index (χ0v) is 13.8. The molecule has 0 saturated carbocycles. The molecule has 0 spiro atoms. The molecule has 0 unspecified atom stereocenters. The van der Waals surface area contributed by atoms with Crippen LogP contribution >= 0.6 is 11.6 Å². The van der Waals surface area contributed by atoms with Crippen molar-refractivity contribution in [2.45, 2.75) is 24.0 Å². The van der Waals surface area contributed by atoms with Crippen molar-refractivity contribution < 1.29 is 13.2 Å². The maximum Gasteiger partial charge on any atom is 0.246 e. The van der Waals surface area contributed by atoms with Crippen LogP contribution in [0.1, 0.15) is 18.6 Å². The Labute approximate surface area is 135 Å². The molecule has 0 bridgehead atoms. The molecule has 116 valence electrons. The maximum atomic E-state index is 12.8. The molecule has 6 heteroatoms. The Morgan fingerprint density at radius 3 is 2.45 bits per heavy atom. The molecule has 2 aromatic carbocycles. The molecule has 4 nitrogen and oxygen atoms in total. The number of likely N-dealkylation sites (N-methyl/N-ethyl adjacent to an activating group) is 1. The van der Waals surface area contributed by atoms with Crippen LogP contribution in [0.25, 0.3) is 0 Å². The summed E-state index contributed by atoms with van der Waals surface area (Å²) in [5.74, 6) is 0.217. The van der Waals surface area contributed by atoms with Gasteiger partial charge in [-0.25, -0.2) is 8.42 Å². The summed E-state index contributed by atoms with van der Waals surface area (Å²) in [5, 5.41) is 0.296. The van der Waals surface area contributed by atoms with E-state index in [0.717, 1.165) is 5.56 Å². The predicted octanol–water partition coefficient (Wildman–Crippen LogP) is 3.48. The van der Waals surface area contributed by atoms with Crippen LogP contribution in [0.15, 0.2) is 53.4 Å². The van der Waals surface area contributed by atoms with Crippen molar-refractivity contribution in [1.82, 2.24) is 4.31 Å². The summed E-state index contributed by atoms with van der Waals surface area (Å²) < 4.78 is 32.9. The summed E-state index contributed by atoms with van der Waals surface area (Å²) in [6.07, 6.45) is -0.429. The first kappa shape index (κ1) is 15.3. The summed E-state index contributed by atoms with van der Waals surface area (Å²) in [5.41, 5.74) is 0.907. The Kier molecular flexibility index (Phi) is 3.89. The monoisotopic (exact) mass is 337 g/mol. The summed E-state index contributed by atoms with van der Waals surface area (Å²) in [4.78, 5) is 0.104. The van der Waals surface area contributed by atoms with Gasteiger partial charge in [-0.2, -0.15) is 4.31 Å². The van der Waals surface area contributed by atoms with E-state index >= 15 is 0 Å². The first-order valence-electron chi connectivity index (χ1n) is 6.91. The van der Waals surface area contributed by atoms with E-state index in [0.29, 0.717) is 5.02 Å². The van der Waals surface area contributed by atoms with E-state index in [-0.39, 0.29) is 16.7 Å². The van der Waals surface area contributed by atoms with Gasteiger partial charge in [-0.05, 0) is 24.6 Å². The lowest BCUT2D eigenvalue weighted by molar-refractivity contribution is 0.137. The number of ether oxygens (including phenoxy) is 1. The number of fused-ring (bicyclic) bond motifs is 1. The normalized spacial score (nSPS) is 24.1. The van der Waals surface area contributed by atoms with Crippen LogP contribution < -0.4 is 4.74 Å². The minimum atomic E-state index is -3.65. The Morgan fingerprint density at radius 2 is 1.77 bits per heavy atom. The number of hydrogen-bond acceptors (Lipinski definition) is 3. The van der Waals surface area contributed by atoms with Crippen molar-refractivity contribution in [1.29, 1.82) is 0 Å². The second-order valence-corrected chi connectivity index (χ2v) is 7.65. The fraction of sp³-hybridized carbons (Fsp3) is 0.250. The Bertz CT molecular complexity index is 792. The summed E-state index contributed by atoms with van der Waals surface area (Å²) in [6.45, 7) is 1.83. The van der Waals surface area contributed by atoms with Crippen LogP contribution in [0.2, 0.25) is 5.02 Å². The zero-order valence-electron chi connectivity index (χ0n) is 12.2. The molecule has 22 heavy (non-hydrogen) atoms. The minimum Gasteiger partial charge on any atom is -0.481 e. The summed E-state index contributed by atoms with van der Waals surface area (Å²) in [6, 6.07) is 14.0. The molecule has 1 aliphatic rings. The van der Waals surface area contributed by atoms with E-state index in [1.165, 1.54) is 10.4 Å². The standard InChI is InChI=1S/C16H16ClNO3S/c1-11-15(12-7-4-3-5-8-12)21-16-13(17)9-6-10-14(16)22(19,20)18(11)2/h3-11,15H,1-2H3/t11-,15-/m0/s1. The number of halogens is 1. The first-order chi connectivity index (χ1) is 10.4. The van der Waals surface area contributed by atoms with Gasteiger partial charge in [0.2, 0.25) is 10.0 Å². The fourth-order valence-electron chi connectivity index (χ4n) is 2.59. The number of hydrogen-bond donors (Lipinski definition) is 0.